The van der Waals surface area contributed by atoms with Crippen molar-refractivity contribution >= 4 is 17.9 Å². The molecule has 6 heteroatoms. The van der Waals surface area contributed by atoms with Crippen LogP contribution >= 0.6 is 0 Å². The number of hydrogen-bond donors (Lipinski definition) is 0. The van der Waals surface area contributed by atoms with Gasteiger partial charge in [0.05, 0.1) is 6.42 Å². The summed E-state index contributed by atoms with van der Waals surface area (Å²) in [6, 6.07) is 0. The fraction of sp³-hybridized carbons (Fsp3) is 0.698. The number of hydrogen-bond acceptors (Lipinski definition) is 6. The van der Waals surface area contributed by atoms with Gasteiger partial charge in [-0.3, -0.25) is 14.4 Å². The molecule has 0 amide bonds. The third-order valence-corrected chi connectivity index (χ3v) is 12.1. The minimum absolute atomic E-state index is 0.112. The molecular formula is C63H106O6. The molecule has 0 aliphatic carbocycles. The average Bonchev–Trinajstić information content (AvgIpc) is 3.35. The van der Waals surface area contributed by atoms with E-state index in [1.54, 1.807) is 6.08 Å². The van der Waals surface area contributed by atoms with E-state index in [9.17, 15) is 14.4 Å². The SMILES string of the molecule is CC/C=C\C/C=C\C/C=C\C/C=C\C/C=C\CC(=O)OCC(COC(=O)CCCCCCCCCCC/C=C\CCCCCCCC)OC(=O)CCCCCCCCC/C=C\C/C=C\CCCCC. The van der Waals surface area contributed by atoms with Crippen molar-refractivity contribution in [3.05, 3.63) is 97.2 Å². The Labute approximate surface area is 426 Å². The van der Waals surface area contributed by atoms with Crippen LogP contribution in [-0.2, 0) is 28.6 Å². The van der Waals surface area contributed by atoms with Crippen LogP contribution < -0.4 is 0 Å². The van der Waals surface area contributed by atoms with Crippen LogP contribution in [0, 0.1) is 0 Å². The van der Waals surface area contributed by atoms with Gasteiger partial charge in [0.25, 0.3) is 0 Å². The molecule has 0 aliphatic heterocycles. The highest BCUT2D eigenvalue weighted by atomic mass is 16.6. The molecule has 0 saturated heterocycles. The Bertz CT molecular complexity index is 1380. The van der Waals surface area contributed by atoms with E-state index in [1.165, 1.54) is 141 Å². The lowest BCUT2D eigenvalue weighted by molar-refractivity contribution is -0.166. The fourth-order valence-electron chi connectivity index (χ4n) is 7.78. The molecule has 1 unspecified atom stereocenters. The van der Waals surface area contributed by atoms with Crippen LogP contribution in [-0.4, -0.2) is 37.2 Å². The van der Waals surface area contributed by atoms with Crippen molar-refractivity contribution in [3.63, 3.8) is 0 Å². The molecule has 0 bridgehead atoms. The average molecular weight is 960 g/mol. The van der Waals surface area contributed by atoms with Crippen LogP contribution in [0.4, 0.5) is 0 Å². The Balaban J connectivity index is 4.48. The molecule has 69 heavy (non-hydrogen) atoms. The first-order valence-corrected chi connectivity index (χ1v) is 28.7. The first-order chi connectivity index (χ1) is 34.0. The van der Waals surface area contributed by atoms with Crippen molar-refractivity contribution in [2.75, 3.05) is 13.2 Å². The zero-order chi connectivity index (χ0) is 50.0. The number of rotatable bonds is 51. The quantitative estimate of drug-likeness (QED) is 0.0262. The molecule has 0 fully saturated rings. The molecule has 1 atom stereocenters. The minimum Gasteiger partial charge on any atom is -0.462 e. The molecule has 0 aliphatic rings. The Kier molecular flexibility index (Phi) is 53.9. The van der Waals surface area contributed by atoms with E-state index in [4.69, 9.17) is 14.2 Å². The Morgan fingerprint density at radius 2 is 0.623 bits per heavy atom. The molecule has 0 saturated carbocycles. The minimum atomic E-state index is -0.823. The molecule has 0 heterocycles. The fourth-order valence-corrected chi connectivity index (χ4v) is 7.78. The Morgan fingerprint density at radius 1 is 0.319 bits per heavy atom. The van der Waals surface area contributed by atoms with Crippen LogP contribution in [0.2, 0.25) is 0 Å². The summed E-state index contributed by atoms with van der Waals surface area (Å²) in [5.41, 5.74) is 0. The zero-order valence-electron chi connectivity index (χ0n) is 45.0. The van der Waals surface area contributed by atoms with Crippen molar-refractivity contribution < 1.29 is 28.6 Å². The van der Waals surface area contributed by atoms with Gasteiger partial charge in [-0.1, -0.05) is 240 Å². The summed E-state index contributed by atoms with van der Waals surface area (Å²) < 4.78 is 16.8. The van der Waals surface area contributed by atoms with Gasteiger partial charge in [-0.15, -0.1) is 0 Å². The summed E-state index contributed by atoms with van der Waals surface area (Å²) in [5.74, 6) is -1.05. The molecule has 6 nitrogen and oxygen atoms in total. The first kappa shape index (κ1) is 65.3. The predicted molar refractivity (Wildman–Crippen MR) is 297 cm³/mol. The molecule has 394 valence electrons. The van der Waals surface area contributed by atoms with Gasteiger partial charge in [-0.2, -0.15) is 0 Å². The molecule has 0 N–H and O–H groups in total. The van der Waals surface area contributed by atoms with Gasteiger partial charge in [0.1, 0.15) is 13.2 Å². The van der Waals surface area contributed by atoms with Crippen LogP contribution in [0.1, 0.15) is 265 Å². The van der Waals surface area contributed by atoms with Gasteiger partial charge in [-0.25, -0.2) is 0 Å². The van der Waals surface area contributed by atoms with Gasteiger partial charge in [0.2, 0.25) is 0 Å². The number of unbranched alkanes of at least 4 members (excludes halogenated alkanes) is 25. The van der Waals surface area contributed by atoms with Gasteiger partial charge >= 0.3 is 17.9 Å². The number of carbonyl (C=O) groups is 3. The molecule has 0 aromatic heterocycles. The third-order valence-electron chi connectivity index (χ3n) is 12.1. The standard InChI is InChI=1S/C63H106O6/c1-4-7-10-13-16-19-22-25-28-30-31-33-35-38-41-44-47-50-53-56-62(65)68-59-60(58-67-61(64)55-52-49-46-43-40-37-34-27-24-21-18-15-12-9-6-3)69-63(66)57-54-51-48-45-42-39-36-32-29-26-23-20-17-14-11-8-5-2/h9,12,17-18,20-21,25-29,34,40,43,49,52,60H,4-8,10-11,13-16,19,22-24,30-33,35-39,41-42,44-48,50-51,53-59H2,1-3H3/b12-9-,20-17-,21-18-,28-25-,29-26-,34-27-,43-40-,52-49-. The normalized spacial score (nSPS) is 12.8. The van der Waals surface area contributed by atoms with Crippen molar-refractivity contribution in [2.45, 2.75) is 271 Å². The summed E-state index contributed by atoms with van der Waals surface area (Å²) in [6.45, 7) is 6.41. The van der Waals surface area contributed by atoms with E-state index in [2.05, 4.69) is 106 Å². The summed E-state index contributed by atoms with van der Waals surface area (Å²) in [7, 11) is 0. The Morgan fingerprint density at radius 3 is 1.06 bits per heavy atom. The summed E-state index contributed by atoms with van der Waals surface area (Å²) in [4.78, 5) is 38.1. The monoisotopic (exact) mass is 959 g/mol. The molecular weight excluding hydrogens is 853 g/mol. The second-order valence-corrected chi connectivity index (χ2v) is 18.8. The molecule has 0 radical (unpaired) electrons. The smallest absolute Gasteiger partial charge is 0.309 e. The van der Waals surface area contributed by atoms with Crippen LogP contribution in [0.15, 0.2) is 97.2 Å². The van der Waals surface area contributed by atoms with Gasteiger partial charge in [0.15, 0.2) is 6.10 Å². The van der Waals surface area contributed by atoms with Crippen LogP contribution in [0.5, 0.6) is 0 Å². The number of ether oxygens (including phenoxy) is 3. The largest absolute Gasteiger partial charge is 0.462 e. The van der Waals surface area contributed by atoms with Crippen molar-refractivity contribution in [1.82, 2.24) is 0 Å². The first-order valence-electron chi connectivity index (χ1n) is 28.7. The van der Waals surface area contributed by atoms with Gasteiger partial charge < -0.3 is 14.2 Å². The lowest BCUT2D eigenvalue weighted by atomic mass is 10.1. The van der Waals surface area contributed by atoms with Gasteiger partial charge in [0, 0.05) is 12.8 Å². The lowest BCUT2D eigenvalue weighted by Gasteiger charge is -2.18. The van der Waals surface area contributed by atoms with E-state index in [-0.39, 0.29) is 31.6 Å². The molecule has 0 rings (SSSR count). The lowest BCUT2D eigenvalue weighted by Crippen LogP contribution is -2.30. The van der Waals surface area contributed by atoms with E-state index in [1.807, 2.05) is 6.08 Å². The van der Waals surface area contributed by atoms with E-state index < -0.39 is 12.1 Å². The maximum Gasteiger partial charge on any atom is 0.309 e. The van der Waals surface area contributed by atoms with Crippen molar-refractivity contribution in [1.29, 1.82) is 0 Å². The van der Waals surface area contributed by atoms with Crippen molar-refractivity contribution in [3.8, 4) is 0 Å². The number of esters is 3. The highest BCUT2D eigenvalue weighted by Gasteiger charge is 2.19. The highest BCUT2D eigenvalue weighted by molar-refractivity contribution is 5.72. The number of allylic oxidation sites excluding steroid dienone is 15. The predicted octanol–water partition coefficient (Wildman–Crippen LogP) is 19.3. The van der Waals surface area contributed by atoms with Crippen molar-refractivity contribution in [2.24, 2.45) is 0 Å². The van der Waals surface area contributed by atoms with Crippen LogP contribution in [0.25, 0.3) is 0 Å². The van der Waals surface area contributed by atoms with E-state index >= 15 is 0 Å². The third kappa shape index (κ3) is 55.1. The van der Waals surface area contributed by atoms with E-state index in [0.717, 1.165) is 83.5 Å². The summed E-state index contributed by atoms with van der Waals surface area (Å²) >= 11 is 0. The second kappa shape index (κ2) is 56.9. The van der Waals surface area contributed by atoms with Crippen LogP contribution in [0.3, 0.4) is 0 Å². The summed E-state index contributed by atoms with van der Waals surface area (Å²) in [6.07, 6.45) is 75.6. The maximum atomic E-state index is 12.8. The number of carbonyl (C=O) groups excluding carboxylic acids is 3. The summed E-state index contributed by atoms with van der Waals surface area (Å²) in [5, 5.41) is 0. The molecule has 0 spiro atoms. The van der Waals surface area contributed by atoms with E-state index in [0.29, 0.717) is 12.8 Å². The topological polar surface area (TPSA) is 78.9 Å². The highest BCUT2D eigenvalue weighted by Crippen LogP contribution is 2.15. The maximum absolute atomic E-state index is 12.8. The Hall–Kier alpha value is -3.67. The van der Waals surface area contributed by atoms with Gasteiger partial charge in [-0.05, 0) is 103 Å². The zero-order valence-corrected chi connectivity index (χ0v) is 45.0. The second-order valence-electron chi connectivity index (χ2n) is 18.8. The molecule has 0 aromatic rings. The molecule has 0 aromatic carbocycles.